The van der Waals surface area contributed by atoms with Crippen molar-refractivity contribution in [3.05, 3.63) is 71.3 Å². The van der Waals surface area contributed by atoms with Crippen LogP contribution < -0.4 is 0 Å². The molecule has 0 unspecified atom stereocenters. The highest BCUT2D eigenvalue weighted by atomic mass is 32.2. The molecule has 0 atom stereocenters. The standard InChI is InChI=1S/C22H24N2O2S/c1-17-7-9-19(10-8-17)21(26)24-15-16-27-22(24)11-13-23(14-12-22)20(25)18-5-3-2-4-6-18/h2-10H,11-16H2,1H3. The molecular weight excluding hydrogens is 356 g/mol. The molecule has 0 aromatic heterocycles. The Hall–Kier alpha value is -2.27. The number of likely N-dealkylation sites (tertiary alicyclic amines) is 1. The Morgan fingerprint density at radius 1 is 0.852 bits per heavy atom. The minimum Gasteiger partial charge on any atom is -0.338 e. The minimum absolute atomic E-state index is 0.0878. The number of hydrogen-bond acceptors (Lipinski definition) is 3. The summed E-state index contributed by atoms with van der Waals surface area (Å²) in [6, 6.07) is 17.3. The molecule has 2 fully saturated rings. The minimum atomic E-state index is -0.171. The summed E-state index contributed by atoms with van der Waals surface area (Å²) in [7, 11) is 0. The van der Waals surface area contributed by atoms with E-state index in [-0.39, 0.29) is 16.7 Å². The van der Waals surface area contributed by atoms with E-state index in [2.05, 4.69) is 0 Å². The first-order chi connectivity index (χ1) is 13.1. The Morgan fingerprint density at radius 3 is 2.15 bits per heavy atom. The Kier molecular flexibility index (Phi) is 4.96. The third-order valence-corrected chi connectivity index (χ3v) is 7.13. The second-order valence-corrected chi connectivity index (χ2v) is 8.73. The van der Waals surface area contributed by atoms with Crippen molar-refractivity contribution >= 4 is 23.6 Å². The number of thioether (sulfide) groups is 1. The van der Waals surface area contributed by atoms with E-state index < -0.39 is 0 Å². The number of amides is 2. The van der Waals surface area contributed by atoms with Gasteiger partial charge in [-0.2, -0.15) is 0 Å². The molecule has 140 valence electrons. The van der Waals surface area contributed by atoms with E-state index in [1.807, 2.05) is 83.1 Å². The van der Waals surface area contributed by atoms with Crippen molar-refractivity contribution in [3.63, 3.8) is 0 Å². The fourth-order valence-electron chi connectivity index (χ4n) is 3.98. The summed E-state index contributed by atoms with van der Waals surface area (Å²) >= 11 is 1.88. The third-order valence-electron chi connectivity index (χ3n) is 5.57. The van der Waals surface area contributed by atoms with E-state index in [1.165, 1.54) is 0 Å². The van der Waals surface area contributed by atoms with E-state index in [4.69, 9.17) is 0 Å². The summed E-state index contributed by atoms with van der Waals surface area (Å²) in [6.07, 6.45) is 1.65. The molecule has 0 N–H and O–H groups in total. The largest absolute Gasteiger partial charge is 0.338 e. The highest BCUT2D eigenvalue weighted by molar-refractivity contribution is 8.00. The molecule has 0 saturated carbocycles. The number of carbonyl (C=O) groups excluding carboxylic acids is 2. The summed E-state index contributed by atoms with van der Waals surface area (Å²) in [6.45, 7) is 4.20. The lowest BCUT2D eigenvalue weighted by Gasteiger charge is -2.44. The molecule has 0 aliphatic carbocycles. The fraction of sp³-hybridized carbons (Fsp3) is 0.364. The third kappa shape index (κ3) is 3.48. The van der Waals surface area contributed by atoms with E-state index in [1.54, 1.807) is 0 Å². The molecule has 2 aromatic carbocycles. The molecule has 2 heterocycles. The lowest BCUT2D eigenvalue weighted by atomic mass is 10.00. The zero-order valence-corrected chi connectivity index (χ0v) is 16.4. The highest BCUT2D eigenvalue weighted by Gasteiger charge is 2.47. The number of nitrogens with zero attached hydrogens (tertiary/aromatic N) is 2. The highest BCUT2D eigenvalue weighted by Crippen LogP contribution is 2.44. The molecule has 2 aliphatic rings. The molecule has 1 spiro atoms. The second kappa shape index (κ2) is 7.39. The molecule has 0 bridgehead atoms. The summed E-state index contributed by atoms with van der Waals surface area (Å²) in [5.41, 5.74) is 2.65. The van der Waals surface area contributed by atoms with Crippen LogP contribution in [0.3, 0.4) is 0 Å². The smallest absolute Gasteiger partial charge is 0.254 e. The average molecular weight is 381 g/mol. The normalized spacial score (nSPS) is 18.7. The Morgan fingerprint density at radius 2 is 1.48 bits per heavy atom. The first-order valence-corrected chi connectivity index (χ1v) is 10.4. The van der Waals surface area contributed by atoms with Crippen molar-refractivity contribution in [2.45, 2.75) is 24.6 Å². The SMILES string of the molecule is Cc1ccc(C(=O)N2CCSC23CCN(C(=O)c2ccccc2)CC3)cc1. The maximum Gasteiger partial charge on any atom is 0.254 e. The first-order valence-electron chi connectivity index (χ1n) is 9.46. The van der Waals surface area contributed by atoms with Crippen LogP contribution in [0.5, 0.6) is 0 Å². The summed E-state index contributed by atoms with van der Waals surface area (Å²) in [5, 5.41) is 0. The molecule has 4 rings (SSSR count). The molecule has 2 aliphatic heterocycles. The maximum absolute atomic E-state index is 13.1. The van der Waals surface area contributed by atoms with Crippen LogP contribution in [0.1, 0.15) is 39.1 Å². The summed E-state index contributed by atoms with van der Waals surface area (Å²) in [4.78, 5) is 29.6. The van der Waals surface area contributed by atoms with E-state index in [0.717, 1.165) is 41.8 Å². The van der Waals surface area contributed by atoms with Gasteiger partial charge in [0, 0.05) is 36.5 Å². The number of aryl methyl sites for hydroxylation is 1. The van der Waals surface area contributed by atoms with E-state index >= 15 is 0 Å². The zero-order chi connectivity index (χ0) is 18.9. The van der Waals surface area contributed by atoms with Crippen LogP contribution in [0.4, 0.5) is 0 Å². The average Bonchev–Trinajstić information content (AvgIpc) is 3.11. The van der Waals surface area contributed by atoms with Crippen molar-refractivity contribution in [2.24, 2.45) is 0 Å². The molecule has 5 heteroatoms. The predicted octanol–water partition coefficient (Wildman–Crippen LogP) is 3.82. The van der Waals surface area contributed by atoms with Crippen molar-refractivity contribution in [2.75, 3.05) is 25.4 Å². The van der Waals surface area contributed by atoms with Crippen LogP contribution in [0.2, 0.25) is 0 Å². The van der Waals surface area contributed by atoms with Crippen LogP contribution in [0.15, 0.2) is 54.6 Å². The molecular formula is C22H24N2O2S. The quantitative estimate of drug-likeness (QED) is 0.795. The van der Waals surface area contributed by atoms with Crippen molar-refractivity contribution < 1.29 is 9.59 Å². The van der Waals surface area contributed by atoms with Gasteiger partial charge in [0.15, 0.2) is 0 Å². The lowest BCUT2D eigenvalue weighted by Crippen LogP contribution is -2.53. The van der Waals surface area contributed by atoms with Crippen LogP contribution in [0.25, 0.3) is 0 Å². The monoisotopic (exact) mass is 380 g/mol. The van der Waals surface area contributed by atoms with Gasteiger partial charge < -0.3 is 9.80 Å². The van der Waals surface area contributed by atoms with E-state index in [0.29, 0.717) is 13.1 Å². The van der Waals surface area contributed by atoms with Gasteiger partial charge in [-0.3, -0.25) is 9.59 Å². The van der Waals surface area contributed by atoms with Crippen molar-refractivity contribution in [3.8, 4) is 0 Å². The van der Waals surface area contributed by atoms with Crippen LogP contribution in [-0.4, -0.2) is 51.9 Å². The molecule has 2 amide bonds. The molecule has 2 aromatic rings. The summed E-state index contributed by atoms with van der Waals surface area (Å²) in [5.74, 6) is 1.16. The van der Waals surface area contributed by atoms with Gasteiger partial charge >= 0.3 is 0 Å². The van der Waals surface area contributed by atoms with Crippen molar-refractivity contribution in [1.82, 2.24) is 9.80 Å². The molecule has 27 heavy (non-hydrogen) atoms. The zero-order valence-electron chi connectivity index (χ0n) is 15.6. The topological polar surface area (TPSA) is 40.6 Å². The lowest BCUT2D eigenvalue weighted by molar-refractivity contribution is 0.0498. The molecule has 0 radical (unpaired) electrons. The van der Waals surface area contributed by atoms with Gasteiger partial charge in [0.2, 0.25) is 0 Å². The number of piperidine rings is 1. The molecule has 4 nitrogen and oxygen atoms in total. The summed E-state index contributed by atoms with van der Waals surface area (Å²) < 4.78 is 0. The van der Waals surface area contributed by atoms with Gasteiger partial charge in [-0.25, -0.2) is 0 Å². The fourth-order valence-corrected chi connectivity index (χ4v) is 5.44. The number of rotatable bonds is 2. The van der Waals surface area contributed by atoms with Gasteiger partial charge in [-0.05, 0) is 44.0 Å². The first kappa shape index (κ1) is 18.1. The Labute approximate surface area is 164 Å². The van der Waals surface area contributed by atoms with Gasteiger partial charge in [-0.1, -0.05) is 35.9 Å². The predicted molar refractivity (Wildman–Crippen MR) is 109 cm³/mol. The van der Waals surface area contributed by atoms with Crippen LogP contribution in [-0.2, 0) is 0 Å². The number of hydrogen-bond donors (Lipinski definition) is 0. The Bertz CT molecular complexity index is 827. The van der Waals surface area contributed by atoms with Crippen LogP contribution >= 0.6 is 11.8 Å². The van der Waals surface area contributed by atoms with E-state index in [9.17, 15) is 9.59 Å². The maximum atomic E-state index is 13.1. The van der Waals surface area contributed by atoms with Crippen molar-refractivity contribution in [1.29, 1.82) is 0 Å². The van der Waals surface area contributed by atoms with Gasteiger partial charge in [0.05, 0.1) is 4.87 Å². The van der Waals surface area contributed by atoms with Gasteiger partial charge in [0.1, 0.15) is 0 Å². The molecule has 2 saturated heterocycles. The number of benzene rings is 2. The van der Waals surface area contributed by atoms with Crippen LogP contribution in [0, 0.1) is 6.92 Å². The second-order valence-electron chi connectivity index (χ2n) is 7.28. The Balaban J connectivity index is 1.47. The van der Waals surface area contributed by atoms with Gasteiger partial charge in [-0.15, -0.1) is 11.8 Å². The number of carbonyl (C=O) groups is 2. The van der Waals surface area contributed by atoms with Gasteiger partial charge in [0.25, 0.3) is 11.8 Å².